The second-order valence-electron chi connectivity index (χ2n) is 6.19. The Morgan fingerprint density at radius 3 is 2.18 bits per heavy atom. The molecule has 3 aromatic carbocycles. The molecule has 3 rings (SSSR count). The number of carbonyl (C=O) groups is 1. The number of anilines is 1. The van der Waals surface area contributed by atoms with Crippen LogP contribution in [0.4, 0.5) is 15.8 Å². The second-order valence-corrected chi connectivity index (χ2v) is 7.10. The first-order valence-electron chi connectivity index (χ1n) is 8.47. The normalized spacial score (nSPS) is 11.6. The van der Waals surface area contributed by atoms with Gasteiger partial charge in [0.05, 0.1) is 11.0 Å². The van der Waals surface area contributed by atoms with Gasteiger partial charge in [-0.25, -0.2) is 4.39 Å². The maximum Gasteiger partial charge on any atom is 0.269 e. The van der Waals surface area contributed by atoms with Gasteiger partial charge in [0.2, 0.25) is 0 Å². The number of nitrogens with zero attached hydrogens (tertiary/aromatic N) is 1. The Hall–Kier alpha value is -3.06. The summed E-state index contributed by atoms with van der Waals surface area (Å²) in [5.41, 5.74) is 1.92. The standard InChI is InChI=1S/C21H16BrFN2O3/c22-16-5-1-15(2-6-16)21(26)13-20(14-3-7-17(23)8-4-14)24-18-9-11-19(12-10-18)25(27)28/h1-12,20,24H,13H2. The summed E-state index contributed by atoms with van der Waals surface area (Å²) in [6, 6.07) is 18.5. The quantitative estimate of drug-likeness (QED) is 0.280. The Morgan fingerprint density at radius 2 is 1.61 bits per heavy atom. The van der Waals surface area contributed by atoms with Gasteiger partial charge in [0.1, 0.15) is 5.82 Å². The van der Waals surface area contributed by atoms with Gasteiger partial charge in [0.15, 0.2) is 5.78 Å². The van der Waals surface area contributed by atoms with Gasteiger partial charge < -0.3 is 5.32 Å². The molecule has 0 aliphatic heterocycles. The molecule has 0 aliphatic carbocycles. The molecule has 1 unspecified atom stereocenters. The molecule has 0 saturated heterocycles. The van der Waals surface area contributed by atoms with Crippen molar-refractivity contribution in [2.45, 2.75) is 12.5 Å². The number of Topliss-reactive ketones (excluding diaryl/α,β-unsaturated/α-hetero) is 1. The summed E-state index contributed by atoms with van der Waals surface area (Å²) in [5.74, 6) is -0.437. The molecule has 0 radical (unpaired) electrons. The van der Waals surface area contributed by atoms with Crippen LogP contribution in [-0.4, -0.2) is 10.7 Å². The molecule has 0 aromatic heterocycles. The number of nitro groups is 1. The van der Waals surface area contributed by atoms with Crippen molar-refractivity contribution in [1.82, 2.24) is 0 Å². The van der Waals surface area contributed by atoms with Gasteiger partial charge in [-0.3, -0.25) is 14.9 Å². The minimum absolute atomic E-state index is 0.0187. The molecule has 1 atom stereocenters. The van der Waals surface area contributed by atoms with Crippen molar-refractivity contribution in [2.75, 3.05) is 5.32 Å². The van der Waals surface area contributed by atoms with Crippen molar-refractivity contribution in [2.24, 2.45) is 0 Å². The maximum absolute atomic E-state index is 13.3. The number of carbonyl (C=O) groups excluding carboxylic acids is 1. The molecule has 142 valence electrons. The number of hydrogen-bond acceptors (Lipinski definition) is 4. The summed E-state index contributed by atoms with van der Waals surface area (Å²) in [6.07, 6.45) is 0.143. The van der Waals surface area contributed by atoms with Crippen molar-refractivity contribution < 1.29 is 14.1 Å². The Labute approximate surface area is 169 Å². The summed E-state index contributed by atoms with van der Waals surface area (Å²) >= 11 is 3.34. The van der Waals surface area contributed by atoms with Gasteiger partial charge in [0, 0.05) is 34.3 Å². The molecule has 7 heteroatoms. The van der Waals surface area contributed by atoms with Crippen molar-refractivity contribution in [1.29, 1.82) is 0 Å². The molecule has 0 saturated carbocycles. The molecule has 0 fully saturated rings. The van der Waals surface area contributed by atoms with Crippen LogP contribution in [0, 0.1) is 15.9 Å². The first-order valence-corrected chi connectivity index (χ1v) is 9.27. The average molecular weight is 443 g/mol. The van der Waals surface area contributed by atoms with Crippen LogP contribution in [-0.2, 0) is 0 Å². The zero-order valence-electron chi connectivity index (χ0n) is 14.6. The number of hydrogen-bond donors (Lipinski definition) is 1. The molecule has 0 amide bonds. The molecule has 0 bridgehead atoms. The highest BCUT2D eigenvalue weighted by Gasteiger charge is 2.18. The van der Waals surface area contributed by atoms with E-state index in [-0.39, 0.29) is 23.7 Å². The van der Waals surface area contributed by atoms with Gasteiger partial charge in [-0.2, -0.15) is 0 Å². The third-order valence-electron chi connectivity index (χ3n) is 4.25. The van der Waals surface area contributed by atoms with E-state index >= 15 is 0 Å². The van der Waals surface area contributed by atoms with Crippen LogP contribution in [0.2, 0.25) is 0 Å². The van der Waals surface area contributed by atoms with Crippen LogP contribution < -0.4 is 5.32 Å². The van der Waals surface area contributed by atoms with Crippen LogP contribution in [0.15, 0.2) is 77.3 Å². The van der Waals surface area contributed by atoms with Crippen molar-refractivity contribution in [3.63, 3.8) is 0 Å². The fourth-order valence-electron chi connectivity index (χ4n) is 2.77. The maximum atomic E-state index is 13.3. The molecule has 1 N–H and O–H groups in total. The zero-order chi connectivity index (χ0) is 20.1. The van der Waals surface area contributed by atoms with Crippen LogP contribution in [0.25, 0.3) is 0 Å². The Kier molecular flexibility index (Phi) is 6.16. The van der Waals surface area contributed by atoms with E-state index in [0.29, 0.717) is 11.3 Å². The molecule has 3 aromatic rings. The summed E-state index contributed by atoms with van der Waals surface area (Å²) in [6.45, 7) is 0. The van der Waals surface area contributed by atoms with Crippen molar-refractivity contribution in [3.8, 4) is 0 Å². The van der Waals surface area contributed by atoms with Gasteiger partial charge in [-0.05, 0) is 42.0 Å². The average Bonchev–Trinajstić information content (AvgIpc) is 2.69. The van der Waals surface area contributed by atoms with Crippen LogP contribution in [0.1, 0.15) is 28.4 Å². The van der Waals surface area contributed by atoms with E-state index in [1.165, 1.54) is 24.3 Å². The molecular weight excluding hydrogens is 427 g/mol. The lowest BCUT2D eigenvalue weighted by Gasteiger charge is -2.20. The van der Waals surface area contributed by atoms with Gasteiger partial charge in [-0.15, -0.1) is 0 Å². The molecule has 0 heterocycles. The largest absolute Gasteiger partial charge is 0.378 e. The Bertz CT molecular complexity index is 974. The molecule has 28 heavy (non-hydrogen) atoms. The van der Waals surface area contributed by atoms with E-state index in [4.69, 9.17) is 0 Å². The number of nitro benzene ring substituents is 1. The SMILES string of the molecule is O=C(CC(Nc1ccc([N+](=O)[O-])cc1)c1ccc(F)cc1)c1ccc(Br)cc1. The highest BCUT2D eigenvalue weighted by molar-refractivity contribution is 9.10. The van der Waals surface area contributed by atoms with Gasteiger partial charge >= 0.3 is 0 Å². The lowest BCUT2D eigenvalue weighted by molar-refractivity contribution is -0.384. The van der Waals surface area contributed by atoms with Crippen LogP contribution in [0.3, 0.4) is 0 Å². The van der Waals surface area contributed by atoms with E-state index in [1.54, 1.807) is 48.5 Å². The van der Waals surface area contributed by atoms with Crippen molar-refractivity contribution >= 4 is 33.1 Å². The predicted molar refractivity (Wildman–Crippen MR) is 109 cm³/mol. The Morgan fingerprint density at radius 1 is 1.00 bits per heavy atom. The van der Waals surface area contributed by atoms with E-state index in [9.17, 15) is 19.3 Å². The fraction of sp³-hybridized carbons (Fsp3) is 0.0952. The molecule has 0 spiro atoms. The smallest absolute Gasteiger partial charge is 0.269 e. The number of halogens is 2. The van der Waals surface area contributed by atoms with E-state index < -0.39 is 11.0 Å². The third kappa shape index (κ3) is 5.01. The molecule has 5 nitrogen and oxygen atoms in total. The minimum Gasteiger partial charge on any atom is -0.378 e. The number of rotatable bonds is 7. The van der Waals surface area contributed by atoms with E-state index in [2.05, 4.69) is 21.2 Å². The number of benzene rings is 3. The number of non-ortho nitro benzene ring substituents is 1. The fourth-order valence-corrected chi connectivity index (χ4v) is 3.03. The lowest BCUT2D eigenvalue weighted by atomic mass is 9.97. The predicted octanol–water partition coefficient (Wildman–Crippen LogP) is 5.92. The topological polar surface area (TPSA) is 72.2 Å². The minimum atomic E-state index is -0.474. The highest BCUT2D eigenvalue weighted by Crippen LogP contribution is 2.26. The first-order chi connectivity index (χ1) is 13.4. The van der Waals surface area contributed by atoms with Crippen LogP contribution in [0.5, 0.6) is 0 Å². The van der Waals surface area contributed by atoms with Gasteiger partial charge in [-0.1, -0.05) is 40.2 Å². The molecule has 0 aliphatic rings. The van der Waals surface area contributed by atoms with Crippen LogP contribution >= 0.6 is 15.9 Å². The monoisotopic (exact) mass is 442 g/mol. The van der Waals surface area contributed by atoms with E-state index in [1.807, 2.05) is 0 Å². The zero-order valence-corrected chi connectivity index (χ0v) is 16.2. The highest BCUT2D eigenvalue weighted by atomic mass is 79.9. The summed E-state index contributed by atoms with van der Waals surface area (Å²) in [7, 11) is 0. The lowest BCUT2D eigenvalue weighted by Crippen LogP contribution is -2.16. The summed E-state index contributed by atoms with van der Waals surface area (Å²) in [5, 5.41) is 14.0. The third-order valence-corrected chi connectivity index (χ3v) is 4.78. The van der Waals surface area contributed by atoms with Crippen molar-refractivity contribution in [3.05, 3.63) is 104 Å². The first kappa shape index (κ1) is 19.7. The van der Waals surface area contributed by atoms with Gasteiger partial charge in [0.25, 0.3) is 5.69 Å². The summed E-state index contributed by atoms with van der Waals surface area (Å²) in [4.78, 5) is 23.1. The number of nitrogens with one attached hydrogen (secondary N) is 1. The second kappa shape index (κ2) is 8.75. The van der Waals surface area contributed by atoms with E-state index in [0.717, 1.165) is 10.0 Å². The number of ketones is 1. The molecular formula is C21H16BrFN2O3. The summed E-state index contributed by atoms with van der Waals surface area (Å²) < 4.78 is 14.2. The Balaban J connectivity index is 1.84.